The number of primary amides is 1. The summed E-state index contributed by atoms with van der Waals surface area (Å²) in [5, 5.41) is 22.9. The van der Waals surface area contributed by atoms with Gasteiger partial charge in [-0.3, -0.25) is 24.5 Å². The van der Waals surface area contributed by atoms with Crippen LogP contribution in [0.15, 0.2) is 18.2 Å². The van der Waals surface area contributed by atoms with Crippen LogP contribution in [0.25, 0.3) is 0 Å². The molecular formula is C16H19FN4O6. The Balaban J connectivity index is 2.15. The highest BCUT2D eigenvalue weighted by molar-refractivity contribution is 5.91. The molecule has 1 aliphatic rings. The van der Waals surface area contributed by atoms with E-state index in [4.69, 9.17) is 5.73 Å². The number of nitrogens with zero attached hydrogens (tertiary/aromatic N) is 2. The third-order valence-corrected chi connectivity index (χ3v) is 4.29. The smallest absolute Gasteiger partial charge is 0.305 e. The van der Waals surface area contributed by atoms with Crippen LogP contribution in [0.1, 0.15) is 18.9 Å². The molecular weight excluding hydrogens is 363 g/mol. The fourth-order valence-electron chi connectivity index (χ4n) is 2.96. The number of carbonyl (C=O) groups is 3. The van der Waals surface area contributed by atoms with E-state index in [1.165, 1.54) is 17.9 Å². The maximum atomic E-state index is 13.4. The molecule has 146 valence electrons. The number of likely N-dealkylation sites (tertiary alicyclic amines) is 1. The van der Waals surface area contributed by atoms with Gasteiger partial charge in [0.1, 0.15) is 12.1 Å². The van der Waals surface area contributed by atoms with Gasteiger partial charge in [-0.1, -0.05) is 6.07 Å². The number of halogens is 1. The van der Waals surface area contributed by atoms with Crippen molar-refractivity contribution in [3.63, 3.8) is 0 Å². The standard InChI is InChI=1S/C16H19FN4O6/c1-8(22)20-7-10(23)6-14(20)16(25)19-12(15(18)24)4-9-2-3-11(17)13(5-9)21(26)27/h2-3,5,10,12,14,23H,4,6-7H2,1H3,(H2,18,24)(H,19,25)/t10-,12+,14+/m1/s1. The predicted molar refractivity (Wildman–Crippen MR) is 89.7 cm³/mol. The van der Waals surface area contributed by atoms with Gasteiger partial charge in [0.25, 0.3) is 0 Å². The number of hydrogen-bond donors (Lipinski definition) is 3. The van der Waals surface area contributed by atoms with Gasteiger partial charge in [0.15, 0.2) is 0 Å². The summed E-state index contributed by atoms with van der Waals surface area (Å²) in [6, 6.07) is 0.901. The minimum atomic E-state index is -1.23. The van der Waals surface area contributed by atoms with Crippen molar-refractivity contribution in [3.05, 3.63) is 39.7 Å². The number of aliphatic hydroxyl groups excluding tert-OH is 1. The Morgan fingerprint density at radius 2 is 2.15 bits per heavy atom. The van der Waals surface area contributed by atoms with E-state index in [-0.39, 0.29) is 24.9 Å². The number of hydrogen-bond acceptors (Lipinski definition) is 6. The van der Waals surface area contributed by atoms with Gasteiger partial charge < -0.3 is 21.1 Å². The molecule has 1 saturated heterocycles. The molecule has 3 amide bonds. The van der Waals surface area contributed by atoms with Gasteiger partial charge in [0, 0.05) is 32.4 Å². The summed E-state index contributed by atoms with van der Waals surface area (Å²) < 4.78 is 13.4. The number of benzene rings is 1. The Bertz CT molecular complexity index is 786. The zero-order valence-corrected chi connectivity index (χ0v) is 14.4. The lowest BCUT2D eigenvalue weighted by Crippen LogP contribution is -2.52. The van der Waals surface area contributed by atoms with Crippen LogP contribution >= 0.6 is 0 Å². The van der Waals surface area contributed by atoms with Crippen molar-refractivity contribution in [1.29, 1.82) is 0 Å². The number of nitrogens with one attached hydrogen (secondary N) is 1. The molecule has 3 atom stereocenters. The van der Waals surface area contributed by atoms with Gasteiger partial charge in [0.2, 0.25) is 23.5 Å². The summed E-state index contributed by atoms with van der Waals surface area (Å²) in [6.45, 7) is 1.25. The van der Waals surface area contributed by atoms with Crippen molar-refractivity contribution in [3.8, 4) is 0 Å². The molecule has 27 heavy (non-hydrogen) atoms. The lowest BCUT2D eigenvalue weighted by atomic mass is 10.0. The summed E-state index contributed by atoms with van der Waals surface area (Å²) >= 11 is 0. The summed E-state index contributed by atoms with van der Waals surface area (Å²) in [5.74, 6) is -3.01. The number of rotatable bonds is 6. The molecule has 0 unspecified atom stereocenters. The summed E-state index contributed by atoms with van der Waals surface area (Å²) in [7, 11) is 0. The first kappa shape index (κ1) is 20.2. The van der Waals surface area contributed by atoms with E-state index in [0.29, 0.717) is 0 Å². The molecule has 0 aliphatic carbocycles. The first-order chi connectivity index (χ1) is 12.6. The first-order valence-electron chi connectivity index (χ1n) is 8.08. The number of carbonyl (C=O) groups excluding carboxylic acids is 3. The van der Waals surface area contributed by atoms with Crippen molar-refractivity contribution >= 4 is 23.4 Å². The fourth-order valence-corrected chi connectivity index (χ4v) is 2.96. The third kappa shape index (κ3) is 4.76. The predicted octanol–water partition coefficient (Wildman–Crippen LogP) is -0.772. The zero-order chi connectivity index (χ0) is 20.3. The van der Waals surface area contributed by atoms with Crippen LogP contribution in [-0.4, -0.2) is 57.4 Å². The van der Waals surface area contributed by atoms with Gasteiger partial charge in [0.05, 0.1) is 11.0 Å². The van der Waals surface area contributed by atoms with E-state index < -0.39 is 52.3 Å². The zero-order valence-electron chi connectivity index (χ0n) is 14.4. The monoisotopic (exact) mass is 382 g/mol. The van der Waals surface area contributed by atoms with Crippen LogP contribution in [0.5, 0.6) is 0 Å². The fraction of sp³-hybridized carbons (Fsp3) is 0.438. The van der Waals surface area contributed by atoms with Crippen LogP contribution in [0.4, 0.5) is 10.1 Å². The van der Waals surface area contributed by atoms with Gasteiger partial charge >= 0.3 is 5.69 Å². The molecule has 2 rings (SSSR count). The molecule has 1 fully saturated rings. The molecule has 4 N–H and O–H groups in total. The molecule has 0 spiro atoms. The van der Waals surface area contributed by atoms with E-state index in [9.17, 15) is 34.0 Å². The second-order valence-electron chi connectivity index (χ2n) is 6.29. The van der Waals surface area contributed by atoms with E-state index in [2.05, 4.69) is 5.32 Å². The van der Waals surface area contributed by atoms with Crippen LogP contribution in [-0.2, 0) is 20.8 Å². The minimum Gasteiger partial charge on any atom is -0.391 e. The van der Waals surface area contributed by atoms with Gasteiger partial charge in [-0.05, 0) is 11.6 Å². The molecule has 0 saturated carbocycles. The van der Waals surface area contributed by atoms with Crippen molar-refractivity contribution in [2.24, 2.45) is 5.73 Å². The van der Waals surface area contributed by atoms with E-state index in [0.717, 1.165) is 12.1 Å². The lowest BCUT2D eigenvalue weighted by molar-refractivity contribution is -0.387. The molecule has 0 radical (unpaired) electrons. The largest absolute Gasteiger partial charge is 0.391 e. The number of β-amino-alcohol motifs (C(OH)–C–C–N with tert-alkyl or cyclic N) is 1. The Morgan fingerprint density at radius 3 is 2.70 bits per heavy atom. The van der Waals surface area contributed by atoms with Gasteiger partial charge in [-0.25, -0.2) is 0 Å². The molecule has 0 aromatic heterocycles. The third-order valence-electron chi connectivity index (χ3n) is 4.29. The average Bonchev–Trinajstić information content (AvgIpc) is 2.97. The Labute approximate surface area is 153 Å². The quantitative estimate of drug-likeness (QED) is 0.433. The summed E-state index contributed by atoms with van der Waals surface area (Å²) in [5.41, 5.74) is 4.75. The molecule has 1 aromatic carbocycles. The molecule has 11 heteroatoms. The van der Waals surface area contributed by atoms with Crippen molar-refractivity contribution < 1.29 is 28.8 Å². The van der Waals surface area contributed by atoms with Crippen LogP contribution in [0.2, 0.25) is 0 Å². The second kappa shape index (κ2) is 8.08. The maximum Gasteiger partial charge on any atom is 0.305 e. The molecule has 10 nitrogen and oxygen atoms in total. The average molecular weight is 382 g/mol. The van der Waals surface area contributed by atoms with Crippen LogP contribution in [0.3, 0.4) is 0 Å². The van der Waals surface area contributed by atoms with E-state index in [1.54, 1.807) is 0 Å². The molecule has 0 bridgehead atoms. The Hall–Kier alpha value is -3.08. The second-order valence-corrected chi connectivity index (χ2v) is 6.29. The SMILES string of the molecule is CC(=O)N1C[C@H](O)C[C@H]1C(=O)N[C@@H](Cc1ccc(F)c([N+](=O)[O-])c1)C(N)=O. The van der Waals surface area contributed by atoms with Gasteiger partial charge in [-0.15, -0.1) is 0 Å². The summed E-state index contributed by atoms with van der Waals surface area (Å²) in [6.07, 6.45) is -1.05. The number of nitro benzene ring substituents is 1. The molecule has 1 aliphatic heterocycles. The highest BCUT2D eigenvalue weighted by atomic mass is 19.1. The minimum absolute atomic E-state index is 0.00118. The number of amides is 3. The molecule has 1 aromatic rings. The number of nitro groups is 1. The summed E-state index contributed by atoms with van der Waals surface area (Å²) in [4.78, 5) is 46.8. The number of nitrogens with two attached hydrogens (primary N) is 1. The molecule has 1 heterocycles. The van der Waals surface area contributed by atoms with Crippen molar-refractivity contribution in [2.75, 3.05) is 6.54 Å². The maximum absolute atomic E-state index is 13.4. The first-order valence-corrected chi connectivity index (χ1v) is 8.08. The Kier molecular flexibility index (Phi) is 6.05. The normalized spacial score (nSPS) is 20.2. The lowest BCUT2D eigenvalue weighted by Gasteiger charge is -2.24. The van der Waals surface area contributed by atoms with Crippen molar-refractivity contribution in [2.45, 2.75) is 38.0 Å². The van der Waals surface area contributed by atoms with E-state index in [1.807, 2.05) is 0 Å². The van der Waals surface area contributed by atoms with Crippen LogP contribution in [0, 0.1) is 15.9 Å². The van der Waals surface area contributed by atoms with Gasteiger partial charge in [-0.2, -0.15) is 4.39 Å². The van der Waals surface area contributed by atoms with E-state index >= 15 is 0 Å². The highest BCUT2D eigenvalue weighted by Gasteiger charge is 2.38. The van der Waals surface area contributed by atoms with Crippen molar-refractivity contribution in [1.82, 2.24) is 10.2 Å². The van der Waals surface area contributed by atoms with Crippen LogP contribution < -0.4 is 11.1 Å². The number of aliphatic hydroxyl groups is 1. The Morgan fingerprint density at radius 1 is 1.48 bits per heavy atom. The topological polar surface area (TPSA) is 156 Å². The highest BCUT2D eigenvalue weighted by Crippen LogP contribution is 2.21.